The van der Waals surface area contributed by atoms with E-state index in [0.29, 0.717) is 36.5 Å². The maximum Gasteiger partial charge on any atom is 0.306 e. The highest BCUT2D eigenvalue weighted by atomic mass is 35.5. The molecule has 2 N–H and O–H groups in total. The summed E-state index contributed by atoms with van der Waals surface area (Å²) < 4.78 is 5.80. The second kappa shape index (κ2) is 6.13. The van der Waals surface area contributed by atoms with E-state index in [9.17, 15) is 9.59 Å². The molecule has 0 aromatic heterocycles. The van der Waals surface area contributed by atoms with Crippen molar-refractivity contribution < 1.29 is 19.4 Å². The highest BCUT2D eigenvalue weighted by Gasteiger charge is 2.51. The predicted molar refractivity (Wildman–Crippen MR) is 85.7 cm³/mol. The van der Waals surface area contributed by atoms with Crippen LogP contribution in [-0.4, -0.2) is 35.2 Å². The van der Waals surface area contributed by atoms with E-state index in [2.05, 4.69) is 5.32 Å². The van der Waals surface area contributed by atoms with Gasteiger partial charge in [0.15, 0.2) is 0 Å². The van der Waals surface area contributed by atoms with Gasteiger partial charge in [0.05, 0.1) is 11.5 Å². The molecule has 1 saturated carbocycles. The number of aliphatic carboxylic acids is 1. The molecule has 2 fully saturated rings. The molecule has 1 saturated heterocycles. The molecule has 3 rings (SSSR count). The Morgan fingerprint density at radius 3 is 2.74 bits per heavy atom. The average molecular weight is 338 g/mol. The normalized spacial score (nSPS) is 29.8. The van der Waals surface area contributed by atoms with Crippen molar-refractivity contribution in [1.29, 1.82) is 0 Å². The summed E-state index contributed by atoms with van der Waals surface area (Å²) in [5, 5.41) is 12.7. The van der Waals surface area contributed by atoms with Crippen LogP contribution in [0.2, 0.25) is 5.02 Å². The van der Waals surface area contributed by atoms with Crippen molar-refractivity contribution in [3.63, 3.8) is 0 Å². The number of nitrogens with one attached hydrogen (secondary N) is 1. The van der Waals surface area contributed by atoms with Gasteiger partial charge in [0.25, 0.3) is 5.91 Å². The van der Waals surface area contributed by atoms with Crippen molar-refractivity contribution in [2.24, 2.45) is 5.92 Å². The summed E-state index contributed by atoms with van der Waals surface area (Å²) in [4.78, 5) is 23.4. The zero-order chi connectivity index (χ0) is 16.6. The van der Waals surface area contributed by atoms with E-state index in [1.807, 2.05) is 6.92 Å². The van der Waals surface area contributed by atoms with Crippen LogP contribution in [0.25, 0.3) is 0 Å². The van der Waals surface area contributed by atoms with E-state index in [4.69, 9.17) is 21.4 Å². The lowest BCUT2D eigenvalue weighted by molar-refractivity contribution is -0.181. The molecular formula is C17H20ClNO4. The number of halogens is 1. The second-order valence-corrected chi connectivity index (χ2v) is 7.01. The van der Waals surface area contributed by atoms with Gasteiger partial charge in [-0.15, -0.1) is 0 Å². The quantitative estimate of drug-likeness (QED) is 0.889. The molecule has 6 heteroatoms. The summed E-state index contributed by atoms with van der Waals surface area (Å²) in [6, 6.07) is 5.22. The van der Waals surface area contributed by atoms with E-state index in [1.165, 1.54) is 0 Å². The van der Waals surface area contributed by atoms with Crippen LogP contribution in [0.4, 0.5) is 0 Å². The zero-order valence-electron chi connectivity index (χ0n) is 13.0. The molecule has 1 aromatic carbocycles. The van der Waals surface area contributed by atoms with Gasteiger partial charge in [0.2, 0.25) is 0 Å². The fraction of sp³-hybridized carbons (Fsp3) is 0.529. The second-order valence-electron chi connectivity index (χ2n) is 6.60. The lowest BCUT2D eigenvalue weighted by Gasteiger charge is -2.50. The third-order valence-corrected chi connectivity index (χ3v) is 5.26. The summed E-state index contributed by atoms with van der Waals surface area (Å²) >= 11 is 5.98. The molecule has 1 aliphatic carbocycles. The van der Waals surface area contributed by atoms with Crippen LogP contribution in [0.3, 0.4) is 0 Å². The van der Waals surface area contributed by atoms with Crippen molar-refractivity contribution in [3.8, 4) is 0 Å². The molecule has 124 valence electrons. The highest BCUT2D eigenvalue weighted by Crippen LogP contribution is 2.46. The number of carboxylic acid groups (broad SMARTS) is 1. The largest absolute Gasteiger partial charge is 0.481 e. The Kier molecular flexibility index (Phi) is 4.34. The molecule has 2 aliphatic rings. The molecule has 1 aliphatic heterocycles. The lowest BCUT2D eigenvalue weighted by Crippen LogP contribution is -2.56. The number of amides is 1. The highest BCUT2D eigenvalue weighted by molar-refractivity contribution is 6.31. The SMILES string of the molecule is Cc1cc(C(=O)NC2CCOC3(C2)CC(C(=O)O)C3)ccc1Cl. The third-order valence-electron chi connectivity index (χ3n) is 4.83. The maximum atomic E-state index is 12.4. The Bertz CT molecular complexity index is 639. The average Bonchev–Trinajstić information content (AvgIpc) is 2.47. The van der Waals surface area contributed by atoms with Crippen molar-refractivity contribution in [2.45, 2.75) is 44.2 Å². The molecule has 1 spiro atoms. The van der Waals surface area contributed by atoms with E-state index in [0.717, 1.165) is 12.0 Å². The van der Waals surface area contributed by atoms with Gasteiger partial charge in [-0.2, -0.15) is 0 Å². The standard InChI is InChI=1S/C17H20ClNO4/c1-10-6-11(2-3-14(10)18)15(20)19-13-4-5-23-17(9-13)7-12(8-17)16(21)22/h2-3,6,12-13H,4-5,7-9H2,1H3,(H,19,20)(H,21,22). The molecule has 1 atom stereocenters. The van der Waals surface area contributed by atoms with Gasteiger partial charge in [-0.05, 0) is 56.4 Å². The number of benzene rings is 1. The Morgan fingerprint density at radius 1 is 1.35 bits per heavy atom. The van der Waals surface area contributed by atoms with Crippen molar-refractivity contribution in [1.82, 2.24) is 5.32 Å². The first-order valence-electron chi connectivity index (χ1n) is 7.82. The topological polar surface area (TPSA) is 75.6 Å². The lowest BCUT2D eigenvalue weighted by atomic mass is 9.66. The van der Waals surface area contributed by atoms with Gasteiger partial charge in [0.1, 0.15) is 0 Å². The fourth-order valence-electron chi connectivity index (χ4n) is 3.50. The van der Waals surface area contributed by atoms with Gasteiger partial charge >= 0.3 is 5.97 Å². The van der Waals surface area contributed by atoms with E-state index >= 15 is 0 Å². The molecule has 0 radical (unpaired) electrons. The van der Waals surface area contributed by atoms with Gasteiger partial charge in [-0.1, -0.05) is 11.6 Å². The van der Waals surface area contributed by atoms with E-state index < -0.39 is 5.97 Å². The van der Waals surface area contributed by atoms with Crippen molar-refractivity contribution in [3.05, 3.63) is 34.3 Å². The molecule has 1 heterocycles. The number of ether oxygens (including phenoxy) is 1. The number of rotatable bonds is 3. The van der Waals surface area contributed by atoms with Crippen LogP contribution in [0, 0.1) is 12.8 Å². The van der Waals surface area contributed by atoms with Gasteiger partial charge in [-0.25, -0.2) is 0 Å². The van der Waals surface area contributed by atoms with Crippen LogP contribution < -0.4 is 5.32 Å². The van der Waals surface area contributed by atoms with Crippen LogP contribution in [0.15, 0.2) is 18.2 Å². The smallest absolute Gasteiger partial charge is 0.306 e. The number of aryl methyl sites for hydroxylation is 1. The Morgan fingerprint density at radius 2 is 2.09 bits per heavy atom. The molecule has 0 bridgehead atoms. The van der Waals surface area contributed by atoms with Crippen LogP contribution >= 0.6 is 11.6 Å². The van der Waals surface area contributed by atoms with Crippen LogP contribution in [0.1, 0.15) is 41.6 Å². The molecule has 1 amide bonds. The molecular weight excluding hydrogens is 318 g/mol. The molecule has 1 unspecified atom stereocenters. The number of carbonyl (C=O) groups is 2. The van der Waals surface area contributed by atoms with Crippen LogP contribution in [0.5, 0.6) is 0 Å². The number of hydrogen-bond acceptors (Lipinski definition) is 3. The van der Waals surface area contributed by atoms with Crippen LogP contribution in [-0.2, 0) is 9.53 Å². The molecule has 1 aromatic rings. The van der Waals surface area contributed by atoms with Gasteiger partial charge in [-0.3, -0.25) is 9.59 Å². The van der Waals surface area contributed by atoms with Gasteiger partial charge < -0.3 is 15.2 Å². The number of carboxylic acids is 1. The minimum Gasteiger partial charge on any atom is -0.481 e. The minimum atomic E-state index is -0.762. The number of carbonyl (C=O) groups excluding carboxylic acids is 1. The Hall–Kier alpha value is -1.59. The van der Waals surface area contributed by atoms with Gasteiger partial charge in [0, 0.05) is 23.2 Å². The Balaban J connectivity index is 1.60. The van der Waals surface area contributed by atoms with Crippen molar-refractivity contribution in [2.75, 3.05) is 6.61 Å². The first-order valence-corrected chi connectivity index (χ1v) is 8.20. The Labute approximate surface area is 140 Å². The first-order chi connectivity index (χ1) is 10.9. The minimum absolute atomic E-state index is 0.0157. The predicted octanol–water partition coefficient (Wildman–Crippen LogP) is 2.79. The summed E-state index contributed by atoms with van der Waals surface area (Å²) in [7, 11) is 0. The van der Waals surface area contributed by atoms with Crippen molar-refractivity contribution >= 4 is 23.5 Å². The summed E-state index contributed by atoms with van der Waals surface area (Å²) in [6.07, 6.45) is 2.50. The van der Waals surface area contributed by atoms with E-state index in [1.54, 1.807) is 18.2 Å². The fourth-order valence-corrected chi connectivity index (χ4v) is 3.62. The molecule has 23 heavy (non-hydrogen) atoms. The number of hydrogen-bond donors (Lipinski definition) is 2. The molecule has 5 nitrogen and oxygen atoms in total. The van der Waals surface area contributed by atoms with E-state index in [-0.39, 0.29) is 23.5 Å². The maximum absolute atomic E-state index is 12.4. The first kappa shape index (κ1) is 16.3. The summed E-state index contributed by atoms with van der Waals surface area (Å²) in [5.74, 6) is -1.20. The summed E-state index contributed by atoms with van der Waals surface area (Å²) in [6.45, 7) is 2.42. The third kappa shape index (κ3) is 3.35. The summed E-state index contributed by atoms with van der Waals surface area (Å²) in [5.41, 5.74) is 1.09. The monoisotopic (exact) mass is 337 g/mol. The zero-order valence-corrected chi connectivity index (χ0v) is 13.7.